The predicted octanol–water partition coefficient (Wildman–Crippen LogP) is 4.64. The van der Waals surface area contributed by atoms with Crippen molar-refractivity contribution in [1.82, 2.24) is 19.7 Å². The highest BCUT2D eigenvalue weighted by Crippen LogP contribution is 2.27. The molecule has 0 aliphatic rings. The maximum Gasteiger partial charge on any atom is 0.227 e. The van der Waals surface area contributed by atoms with E-state index in [-0.39, 0.29) is 0 Å². The molecule has 2 heterocycles. The van der Waals surface area contributed by atoms with E-state index in [0.29, 0.717) is 12.5 Å². The average Bonchev–Trinajstić information content (AvgIpc) is 3.05. The van der Waals surface area contributed by atoms with Gasteiger partial charge in [0.25, 0.3) is 0 Å². The second-order valence-corrected chi connectivity index (χ2v) is 7.18. The van der Waals surface area contributed by atoms with Crippen LogP contribution in [-0.2, 0) is 13.6 Å². The van der Waals surface area contributed by atoms with Crippen molar-refractivity contribution >= 4 is 28.5 Å². The van der Waals surface area contributed by atoms with Gasteiger partial charge in [-0.15, -0.1) is 0 Å². The Labute approximate surface area is 164 Å². The minimum Gasteiger partial charge on any atom is -0.350 e. The summed E-state index contributed by atoms with van der Waals surface area (Å²) in [6.07, 6.45) is 1.80. The van der Waals surface area contributed by atoms with Gasteiger partial charge in [0.05, 0.1) is 11.6 Å². The summed E-state index contributed by atoms with van der Waals surface area (Å²) in [5.41, 5.74) is 6.65. The maximum atomic E-state index is 4.72. The van der Waals surface area contributed by atoms with Crippen molar-refractivity contribution in [1.29, 1.82) is 0 Å². The van der Waals surface area contributed by atoms with E-state index in [9.17, 15) is 0 Å². The zero-order valence-corrected chi connectivity index (χ0v) is 16.6. The molecule has 0 aliphatic heterocycles. The molecule has 0 saturated carbocycles. The lowest BCUT2D eigenvalue weighted by molar-refractivity contribution is 0.785. The minimum atomic E-state index is 0.573. The van der Waals surface area contributed by atoms with Gasteiger partial charge in [-0.25, -0.2) is 0 Å². The Hall–Kier alpha value is -3.41. The first kappa shape index (κ1) is 18.0. The molecule has 142 valence electrons. The standard InChI is InChI=1S/C22H24N6/c1-14-5-8-17(9-6-14)12-23-22-26-20(18-13-24-28(4)21(18)27-22)25-19-10-7-15(2)11-16(19)3/h5-11,13H,12H2,1-4H3,(H2,23,25,26,27). The molecule has 4 aromatic rings. The van der Waals surface area contributed by atoms with E-state index >= 15 is 0 Å². The molecule has 4 rings (SSSR count). The number of benzene rings is 2. The van der Waals surface area contributed by atoms with E-state index in [1.165, 1.54) is 22.3 Å². The summed E-state index contributed by atoms with van der Waals surface area (Å²) in [6, 6.07) is 14.8. The van der Waals surface area contributed by atoms with Gasteiger partial charge in [-0.2, -0.15) is 15.1 Å². The van der Waals surface area contributed by atoms with Gasteiger partial charge in [0.15, 0.2) is 5.65 Å². The fourth-order valence-corrected chi connectivity index (χ4v) is 3.16. The Morgan fingerprint density at radius 3 is 2.43 bits per heavy atom. The molecule has 6 nitrogen and oxygen atoms in total. The minimum absolute atomic E-state index is 0.573. The Bertz CT molecular complexity index is 1130. The maximum absolute atomic E-state index is 4.72. The van der Waals surface area contributed by atoms with Gasteiger partial charge < -0.3 is 10.6 Å². The van der Waals surface area contributed by atoms with Gasteiger partial charge in [-0.05, 0) is 38.0 Å². The number of hydrogen-bond acceptors (Lipinski definition) is 5. The number of fused-ring (bicyclic) bond motifs is 1. The SMILES string of the molecule is Cc1ccc(CNc2nc(Nc3ccc(C)cc3C)c3cnn(C)c3n2)cc1. The van der Waals surface area contributed by atoms with E-state index in [0.717, 1.165) is 22.5 Å². The summed E-state index contributed by atoms with van der Waals surface area (Å²) in [7, 11) is 1.89. The van der Waals surface area contributed by atoms with E-state index in [1.54, 1.807) is 10.9 Å². The van der Waals surface area contributed by atoms with Crippen LogP contribution >= 0.6 is 0 Å². The number of rotatable bonds is 5. The van der Waals surface area contributed by atoms with Crippen LogP contribution in [0.15, 0.2) is 48.7 Å². The molecule has 2 aromatic heterocycles. The molecule has 2 N–H and O–H groups in total. The number of nitrogens with zero attached hydrogens (tertiary/aromatic N) is 4. The number of anilines is 3. The summed E-state index contributed by atoms with van der Waals surface area (Å²) >= 11 is 0. The van der Waals surface area contributed by atoms with E-state index in [1.807, 2.05) is 7.05 Å². The molecule has 0 bridgehead atoms. The van der Waals surface area contributed by atoms with Crippen LogP contribution in [-0.4, -0.2) is 19.7 Å². The summed E-state index contributed by atoms with van der Waals surface area (Å²) < 4.78 is 1.77. The molecule has 0 radical (unpaired) electrons. The normalized spacial score (nSPS) is 11.0. The van der Waals surface area contributed by atoms with Crippen molar-refractivity contribution in [2.45, 2.75) is 27.3 Å². The van der Waals surface area contributed by atoms with Crippen LogP contribution < -0.4 is 10.6 Å². The van der Waals surface area contributed by atoms with Gasteiger partial charge in [-0.1, -0.05) is 47.5 Å². The van der Waals surface area contributed by atoms with Crippen LogP contribution in [0.5, 0.6) is 0 Å². The van der Waals surface area contributed by atoms with E-state index in [2.05, 4.69) is 84.0 Å². The first-order valence-corrected chi connectivity index (χ1v) is 9.33. The summed E-state index contributed by atoms with van der Waals surface area (Å²) in [6.45, 7) is 6.93. The smallest absolute Gasteiger partial charge is 0.227 e. The Kier molecular flexibility index (Phi) is 4.69. The average molecular weight is 372 g/mol. The van der Waals surface area contributed by atoms with Crippen molar-refractivity contribution < 1.29 is 0 Å². The van der Waals surface area contributed by atoms with Crippen molar-refractivity contribution in [3.05, 3.63) is 70.9 Å². The number of hydrogen-bond donors (Lipinski definition) is 2. The van der Waals surface area contributed by atoms with Crippen LogP contribution in [0.2, 0.25) is 0 Å². The fourth-order valence-electron chi connectivity index (χ4n) is 3.16. The quantitative estimate of drug-likeness (QED) is 0.534. The summed E-state index contributed by atoms with van der Waals surface area (Å²) in [4.78, 5) is 9.36. The molecule has 0 amide bonds. The van der Waals surface area contributed by atoms with Gasteiger partial charge >= 0.3 is 0 Å². The number of nitrogens with one attached hydrogen (secondary N) is 2. The Morgan fingerprint density at radius 1 is 0.929 bits per heavy atom. The van der Waals surface area contributed by atoms with Crippen LogP contribution in [0.25, 0.3) is 11.0 Å². The molecule has 2 aromatic carbocycles. The lowest BCUT2D eigenvalue weighted by atomic mass is 10.1. The monoisotopic (exact) mass is 372 g/mol. The highest BCUT2D eigenvalue weighted by Gasteiger charge is 2.13. The van der Waals surface area contributed by atoms with Gasteiger partial charge in [0, 0.05) is 19.3 Å². The lowest BCUT2D eigenvalue weighted by Gasteiger charge is -2.12. The zero-order valence-electron chi connectivity index (χ0n) is 16.6. The molecular weight excluding hydrogens is 348 g/mol. The second-order valence-electron chi connectivity index (χ2n) is 7.18. The predicted molar refractivity (Wildman–Crippen MR) is 114 cm³/mol. The molecule has 0 aliphatic carbocycles. The van der Waals surface area contributed by atoms with E-state index in [4.69, 9.17) is 4.98 Å². The first-order valence-electron chi connectivity index (χ1n) is 9.33. The van der Waals surface area contributed by atoms with Crippen molar-refractivity contribution in [3.63, 3.8) is 0 Å². The summed E-state index contributed by atoms with van der Waals surface area (Å²) in [5, 5.41) is 12.0. The highest BCUT2D eigenvalue weighted by molar-refractivity contribution is 5.89. The van der Waals surface area contributed by atoms with Crippen molar-refractivity contribution in [2.75, 3.05) is 10.6 Å². The molecule has 0 fully saturated rings. The molecular formula is C22H24N6. The van der Waals surface area contributed by atoms with Crippen LogP contribution in [0.4, 0.5) is 17.5 Å². The third kappa shape index (κ3) is 3.67. The molecule has 0 unspecified atom stereocenters. The van der Waals surface area contributed by atoms with E-state index < -0.39 is 0 Å². The van der Waals surface area contributed by atoms with Crippen LogP contribution in [0.3, 0.4) is 0 Å². The Morgan fingerprint density at radius 2 is 1.68 bits per heavy atom. The molecule has 0 saturated heterocycles. The first-order chi connectivity index (χ1) is 13.5. The molecule has 0 atom stereocenters. The topological polar surface area (TPSA) is 67.7 Å². The fraction of sp³-hybridized carbons (Fsp3) is 0.227. The summed E-state index contributed by atoms with van der Waals surface area (Å²) in [5.74, 6) is 1.32. The van der Waals surface area contributed by atoms with Crippen LogP contribution in [0, 0.1) is 20.8 Å². The lowest BCUT2D eigenvalue weighted by Crippen LogP contribution is -2.07. The van der Waals surface area contributed by atoms with Gasteiger partial charge in [0.1, 0.15) is 5.82 Å². The second kappa shape index (κ2) is 7.31. The largest absolute Gasteiger partial charge is 0.350 e. The third-order valence-corrected chi connectivity index (χ3v) is 4.80. The molecule has 6 heteroatoms. The van der Waals surface area contributed by atoms with Crippen molar-refractivity contribution in [3.8, 4) is 0 Å². The van der Waals surface area contributed by atoms with Gasteiger partial charge in [0.2, 0.25) is 5.95 Å². The van der Waals surface area contributed by atoms with Crippen molar-refractivity contribution in [2.24, 2.45) is 7.05 Å². The van der Waals surface area contributed by atoms with Crippen LogP contribution in [0.1, 0.15) is 22.3 Å². The number of aromatic nitrogens is 4. The molecule has 0 spiro atoms. The third-order valence-electron chi connectivity index (χ3n) is 4.80. The molecule has 28 heavy (non-hydrogen) atoms. The number of aryl methyl sites for hydroxylation is 4. The Balaban J connectivity index is 1.66. The van der Waals surface area contributed by atoms with Gasteiger partial charge in [-0.3, -0.25) is 4.68 Å². The zero-order chi connectivity index (χ0) is 19.7. The highest BCUT2D eigenvalue weighted by atomic mass is 15.3.